The van der Waals surface area contributed by atoms with E-state index in [-0.39, 0.29) is 24.4 Å². The molecule has 1 aliphatic rings. The third kappa shape index (κ3) is 5.12. The van der Waals surface area contributed by atoms with E-state index < -0.39 is 0 Å². The SMILES string of the molecule is COCCNCC(=O)N1CC[C@H](OC)C1.Cl. The highest BCUT2D eigenvalue weighted by molar-refractivity contribution is 5.85. The summed E-state index contributed by atoms with van der Waals surface area (Å²) >= 11 is 0. The van der Waals surface area contributed by atoms with Crippen LogP contribution in [0.1, 0.15) is 6.42 Å². The number of hydrogen-bond acceptors (Lipinski definition) is 4. The molecule has 0 aromatic heterocycles. The summed E-state index contributed by atoms with van der Waals surface area (Å²) in [5.74, 6) is 0.144. The van der Waals surface area contributed by atoms with Crippen molar-refractivity contribution in [1.82, 2.24) is 10.2 Å². The first-order chi connectivity index (χ1) is 7.27. The molecule has 6 heteroatoms. The van der Waals surface area contributed by atoms with Crippen LogP contribution in [0.2, 0.25) is 0 Å². The highest BCUT2D eigenvalue weighted by Gasteiger charge is 2.25. The second-order valence-corrected chi connectivity index (χ2v) is 3.66. The smallest absolute Gasteiger partial charge is 0.236 e. The van der Waals surface area contributed by atoms with Crippen molar-refractivity contribution < 1.29 is 14.3 Å². The molecular formula is C10H21ClN2O3. The van der Waals surface area contributed by atoms with Crippen LogP contribution in [0.15, 0.2) is 0 Å². The van der Waals surface area contributed by atoms with Crippen LogP contribution < -0.4 is 5.32 Å². The lowest BCUT2D eigenvalue weighted by atomic mass is 10.3. The van der Waals surface area contributed by atoms with Crippen molar-refractivity contribution in [2.45, 2.75) is 12.5 Å². The molecule has 0 unspecified atom stereocenters. The summed E-state index contributed by atoms with van der Waals surface area (Å²) in [6.45, 7) is 3.27. The quantitative estimate of drug-likeness (QED) is 0.671. The molecule has 1 atom stereocenters. The molecule has 1 heterocycles. The molecule has 1 N–H and O–H groups in total. The van der Waals surface area contributed by atoms with Crippen LogP contribution in [0.3, 0.4) is 0 Å². The first-order valence-electron chi connectivity index (χ1n) is 5.28. The minimum atomic E-state index is 0. The third-order valence-electron chi connectivity index (χ3n) is 2.59. The van der Waals surface area contributed by atoms with E-state index in [0.29, 0.717) is 19.7 Å². The van der Waals surface area contributed by atoms with Crippen LogP contribution in [-0.2, 0) is 14.3 Å². The molecule has 0 aromatic rings. The first kappa shape index (κ1) is 15.6. The molecule has 0 saturated carbocycles. The van der Waals surface area contributed by atoms with Gasteiger partial charge in [-0.25, -0.2) is 0 Å². The predicted molar refractivity (Wildman–Crippen MR) is 64.0 cm³/mol. The number of ether oxygens (including phenoxy) is 2. The van der Waals surface area contributed by atoms with Crippen LogP contribution in [0.4, 0.5) is 0 Å². The monoisotopic (exact) mass is 252 g/mol. The number of nitrogens with one attached hydrogen (secondary N) is 1. The van der Waals surface area contributed by atoms with Crippen molar-refractivity contribution in [1.29, 1.82) is 0 Å². The summed E-state index contributed by atoms with van der Waals surface area (Å²) in [7, 11) is 3.34. The molecule has 1 aliphatic heterocycles. The fraction of sp³-hybridized carbons (Fsp3) is 0.900. The van der Waals surface area contributed by atoms with E-state index in [1.807, 2.05) is 4.90 Å². The van der Waals surface area contributed by atoms with Crippen molar-refractivity contribution in [3.8, 4) is 0 Å². The van der Waals surface area contributed by atoms with Gasteiger partial charge in [0.15, 0.2) is 0 Å². The van der Waals surface area contributed by atoms with E-state index in [1.165, 1.54) is 0 Å². The second-order valence-electron chi connectivity index (χ2n) is 3.66. The van der Waals surface area contributed by atoms with Crippen LogP contribution >= 0.6 is 12.4 Å². The Balaban J connectivity index is 0.00000225. The van der Waals surface area contributed by atoms with Crippen molar-refractivity contribution in [2.75, 3.05) is 47.0 Å². The minimum absolute atomic E-state index is 0. The van der Waals surface area contributed by atoms with Gasteiger partial charge >= 0.3 is 0 Å². The lowest BCUT2D eigenvalue weighted by molar-refractivity contribution is -0.129. The normalized spacial score (nSPS) is 19.6. The average Bonchev–Trinajstić information content (AvgIpc) is 2.72. The Morgan fingerprint density at radius 2 is 2.25 bits per heavy atom. The summed E-state index contributed by atoms with van der Waals surface area (Å²) in [5, 5.41) is 3.04. The lowest BCUT2D eigenvalue weighted by Gasteiger charge is -2.16. The van der Waals surface area contributed by atoms with Gasteiger partial charge < -0.3 is 19.7 Å². The lowest BCUT2D eigenvalue weighted by Crippen LogP contribution is -2.38. The molecular weight excluding hydrogens is 232 g/mol. The number of rotatable bonds is 6. The number of methoxy groups -OCH3 is 2. The van der Waals surface area contributed by atoms with Gasteiger partial charge in [0, 0.05) is 33.9 Å². The number of amides is 1. The maximum atomic E-state index is 11.6. The topological polar surface area (TPSA) is 50.8 Å². The molecule has 0 bridgehead atoms. The third-order valence-corrected chi connectivity index (χ3v) is 2.59. The van der Waals surface area contributed by atoms with Gasteiger partial charge in [-0.2, -0.15) is 0 Å². The minimum Gasteiger partial charge on any atom is -0.383 e. The maximum absolute atomic E-state index is 11.6. The summed E-state index contributed by atoms with van der Waals surface area (Å²) in [6.07, 6.45) is 1.16. The number of hydrogen-bond donors (Lipinski definition) is 1. The van der Waals surface area contributed by atoms with Gasteiger partial charge in [0.05, 0.1) is 19.3 Å². The fourth-order valence-corrected chi connectivity index (χ4v) is 1.63. The molecule has 0 radical (unpaired) electrons. The van der Waals surface area contributed by atoms with Gasteiger partial charge in [-0.15, -0.1) is 12.4 Å². The molecule has 96 valence electrons. The Morgan fingerprint density at radius 3 is 2.81 bits per heavy atom. The Bertz CT molecular complexity index is 205. The van der Waals surface area contributed by atoms with E-state index in [1.54, 1.807) is 14.2 Å². The number of halogens is 1. The van der Waals surface area contributed by atoms with Gasteiger partial charge in [-0.05, 0) is 6.42 Å². The van der Waals surface area contributed by atoms with Crippen molar-refractivity contribution in [3.05, 3.63) is 0 Å². The van der Waals surface area contributed by atoms with Crippen molar-refractivity contribution in [2.24, 2.45) is 0 Å². The molecule has 16 heavy (non-hydrogen) atoms. The average molecular weight is 253 g/mol. The van der Waals surface area contributed by atoms with E-state index in [4.69, 9.17) is 9.47 Å². The van der Waals surface area contributed by atoms with Gasteiger partial charge in [0.2, 0.25) is 5.91 Å². The van der Waals surface area contributed by atoms with E-state index in [0.717, 1.165) is 19.5 Å². The van der Waals surface area contributed by atoms with E-state index in [2.05, 4.69) is 5.32 Å². The Labute approximate surface area is 103 Å². The van der Waals surface area contributed by atoms with Crippen molar-refractivity contribution >= 4 is 18.3 Å². The molecule has 0 spiro atoms. The Morgan fingerprint density at radius 1 is 1.50 bits per heavy atom. The van der Waals surface area contributed by atoms with Crippen LogP contribution in [-0.4, -0.2) is 63.9 Å². The molecule has 1 amide bonds. The number of carbonyl (C=O) groups is 1. The summed E-state index contributed by atoms with van der Waals surface area (Å²) in [6, 6.07) is 0. The van der Waals surface area contributed by atoms with Crippen LogP contribution in [0.5, 0.6) is 0 Å². The zero-order valence-electron chi connectivity index (χ0n) is 9.90. The fourth-order valence-electron chi connectivity index (χ4n) is 1.63. The maximum Gasteiger partial charge on any atom is 0.236 e. The van der Waals surface area contributed by atoms with Gasteiger partial charge in [0.1, 0.15) is 0 Å². The molecule has 1 rings (SSSR count). The highest BCUT2D eigenvalue weighted by atomic mass is 35.5. The zero-order valence-corrected chi connectivity index (χ0v) is 10.7. The Hall–Kier alpha value is -0.360. The Kier molecular flexibility index (Phi) is 8.56. The van der Waals surface area contributed by atoms with Crippen molar-refractivity contribution in [3.63, 3.8) is 0 Å². The summed E-state index contributed by atoms with van der Waals surface area (Å²) in [5.41, 5.74) is 0. The van der Waals surface area contributed by atoms with Crippen LogP contribution in [0, 0.1) is 0 Å². The standard InChI is InChI=1S/C10H20N2O3.ClH/c1-14-6-4-11-7-10(13)12-5-3-9(8-12)15-2;/h9,11H,3-8H2,1-2H3;1H/t9-;/m0./s1. The predicted octanol–water partition coefficient (Wildman–Crippen LogP) is -0.108. The molecule has 5 nitrogen and oxygen atoms in total. The molecule has 1 fully saturated rings. The van der Waals surface area contributed by atoms with E-state index in [9.17, 15) is 4.79 Å². The molecule has 1 saturated heterocycles. The number of carbonyl (C=O) groups excluding carboxylic acids is 1. The molecule has 0 aliphatic carbocycles. The van der Waals surface area contributed by atoms with Crippen LogP contribution in [0.25, 0.3) is 0 Å². The summed E-state index contributed by atoms with van der Waals surface area (Å²) in [4.78, 5) is 13.5. The van der Waals surface area contributed by atoms with E-state index >= 15 is 0 Å². The van der Waals surface area contributed by atoms with Gasteiger partial charge in [0.25, 0.3) is 0 Å². The highest BCUT2D eigenvalue weighted by Crippen LogP contribution is 2.11. The van der Waals surface area contributed by atoms with Gasteiger partial charge in [-0.1, -0.05) is 0 Å². The zero-order chi connectivity index (χ0) is 11.1. The molecule has 0 aromatic carbocycles. The summed E-state index contributed by atoms with van der Waals surface area (Å²) < 4.78 is 10.1. The van der Waals surface area contributed by atoms with Gasteiger partial charge in [-0.3, -0.25) is 4.79 Å². The largest absolute Gasteiger partial charge is 0.383 e. The number of likely N-dealkylation sites (tertiary alicyclic amines) is 1. The second kappa shape index (κ2) is 8.75. The first-order valence-corrected chi connectivity index (χ1v) is 5.28. The number of nitrogens with zero attached hydrogens (tertiary/aromatic N) is 1.